The van der Waals surface area contributed by atoms with Crippen LogP contribution in [0.4, 0.5) is 5.69 Å². The first-order valence-corrected chi connectivity index (χ1v) is 10.1. The first-order chi connectivity index (χ1) is 11.7. The number of benzene rings is 1. The van der Waals surface area contributed by atoms with Crippen molar-refractivity contribution < 1.29 is 18.0 Å². The number of rotatable bonds is 6. The predicted octanol–water partition coefficient (Wildman–Crippen LogP) is 1.21. The number of hydrogen-bond donors (Lipinski definition) is 1. The van der Waals surface area contributed by atoms with Crippen LogP contribution in [0.15, 0.2) is 24.3 Å². The van der Waals surface area contributed by atoms with Crippen LogP contribution < -0.4 is 9.62 Å². The molecule has 0 atom stereocenters. The number of nitrogens with one attached hydrogen (secondary N) is 1. The van der Waals surface area contributed by atoms with Crippen LogP contribution in [0.3, 0.4) is 0 Å². The van der Waals surface area contributed by atoms with Crippen molar-refractivity contribution in [3.8, 4) is 0 Å². The summed E-state index contributed by atoms with van der Waals surface area (Å²) < 4.78 is 25.3. The second-order valence-corrected chi connectivity index (χ2v) is 8.47. The van der Waals surface area contributed by atoms with Crippen molar-refractivity contribution in [1.82, 2.24) is 10.2 Å². The van der Waals surface area contributed by atoms with E-state index in [0.717, 1.165) is 36.2 Å². The number of amides is 2. The summed E-state index contributed by atoms with van der Waals surface area (Å²) in [5, 5.41) is 2.89. The van der Waals surface area contributed by atoms with Crippen LogP contribution in [0.5, 0.6) is 0 Å². The molecule has 0 bridgehead atoms. The fourth-order valence-electron chi connectivity index (χ4n) is 2.90. The first-order valence-electron chi connectivity index (χ1n) is 8.27. The third-order valence-electron chi connectivity index (χ3n) is 4.22. The lowest BCUT2D eigenvalue weighted by atomic mass is 10.2. The van der Waals surface area contributed by atoms with Gasteiger partial charge in [0, 0.05) is 25.7 Å². The maximum absolute atomic E-state index is 12.2. The van der Waals surface area contributed by atoms with Crippen molar-refractivity contribution in [2.24, 2.45) is 0 Å². The standard InChI is InChI=1S/C17H25N3O4S/c1-19(2)17(22)13-8-10-15(11-9-13)20(25(3,23)24)12-16(21)18-14-6-4-5-7-14/h8-11,14H,4-7,12H2,1-3H3,(H,18,21). The van der Waals surface area contributed by atoms with E-state index >= 15 is 0 Å². The molecule has 8 heteroatoms. The molecule has 0 spiro atoms. The van der Waals surface area contributed by atoms with Gasteiger partial charge in [0.1, 0.15) is 6.54 Å². The van der Waals surface area contributed by atoms with Crippen LogP contribution in [0, 0.1) is 0 Å². The Balaban J connectivity index is 2.14. The van der Waals surface area contributed by atoms with Crippen LogP contribution >= 0.6 is 0 Å². The number of nitrogens with zero attached hydrogens (tertiary/aromatic N) is 2. The molecule has 25 heavy (non-hydrogen) atoms. The molecule has 1 aliphatic rings. The smallest absolute Gasteiger partial charge is 0.253 e. The van der Waals surface area contributed by atoms with Gasteiger partial charge in [0.25, 0.3) is 5.91 Å². The summed E-state index contributed by atoms with van der Waals surface area (Å²) in [6.07, 6.45) is 5.11. The molecule has 0 aliphatic heterocycles. The molecule has 7 nitrogen and oxygen atoms in total. The minimum atomic E-state index is -3.62. The van der Waals surface area contributed by atoms with Crippen LogP contribution in [0.25, 0.3) is 0 Å². The van der Waals surface area contributed by atoms with Gasteiger partial charge in [0.15, 0.2) is 0 Å². The molecular formula is C17H25N3O4S. The van der Waals surface area contributed by atoms with E-state index in [1.54, 1.807) is 38.4 Å². The Labute approximate surface area is 149 Å². The number of hydrogen-bond acceptors (Lipinski definition) is 4. The molecule has 2 rings (SSSR count). The van der Waals surface area contributed by atoms with Crippen LogP contribution in [0.1, 0.15) is 36.0 Å². The van der Waals surface area contributed by atoms with Crippen molar-refractivity contribution in [2.45, 2.75) is 31.7 Å². The lowest BCUT2D eigenvalue weighted by Crippen LogP contribution is -2.43. The van der Waals surface area contributed by atoms with Crippen LogP contribution in [-0.2, 0) is 14.8 Å². The van der Waals surface area contributed by atoms with Crippen molar-refractivity contribution in [1.29, 1.82) is 0 Å². The molecule has 1 N–H and O–H groups in total. The Bertz CT molecular complexity index is 723. The number of anilines is 1. The zero-order valence-corrected chi connectivity index (χ0v) is 15.7. The van der Waals surface area contributed by atoms with Crippen molar-refractivity contribution in [3.05, 3.63) is 29.8 Å². The Kier molecular flexibility index (Phi) is 6.05. The SMILES string of the molecule is CN(C)C(=O)c1ccc(N(CC(=O)NC2CCCC2)S(C)(=O)=O)cc1. The molecule has 0 radical (unpaired) electrons. The van der Waals surface area contributed by atoms with E-state index in [4.69, 9.17) is 0 Å². The van der Waals surface area contributed by atoms with E-state index in [-0.39, 0.29) is 24.4 Å². The molecule has 1 aromatic rings. The average Bonchev–Trinajstić information content (AvgIpc) is 3.04. The van der Waals surface area contributed by atoms with Crippen molar-refractivity contribution >= 4 is 27.5 Å². The maximum Gasteiger partial charge on any atom is 0.253 e. The van der Waals surface area contributed by atoms with Gasteiger partial charge in [-0.3, -0.25) is 13.9 Å². The van der Waals surface area contributed by atoms with E-state index in [1.165, 1.54) is 4.90 Å². The van der Waals surface area contributed by atoms with E-state index in [2.05, 4.69) is 5.32 Å². The average molecular weight is 367 g/mol. The number of sulfonamides is 1. The summed E-state index contributed by atoms with van der Waals surface area (Å²) in [5.74, 6) is -0.484. The Morgan fingerprint density at radius 1 is 1.12 bits per heavy atom. The van der Waals surface area contributed by atoms with E-state index in [1.807, 2.05) is 0 Å². The summed E-state index contributed by atoms with van der Waals surface area (Å²) in [7, 11) is -0.328. The topological polar surface area (TPSA) is 86.8 Å². The highest BCUT2D eigenvalue weighted by atomic mass is 32.2. The number of carbonyl (C=O) groups is 2. The second-order valence-electron chi connectivity index (χ2n) is 6.56. The van der Waals surface area contributed by atoms with Crippen LogP contribution in [-0.4, -0.2) is 58.1 Å². The summed E-state index contributed by atoms with van der Waals surface area (Å²) in [6.45, 7) is -0.268. The molecule has 1 aliphatic carbocycles. The molecule has 0 unspecified atom stereocenters. The molecule has 138 valence electrons. The number of carbonyl (C=O) groups excluding carboxylic acids is 2. The van der Waals surface area contributed by atoms with E-state index < -0.39 is 10.0 Å². The Morgan fingerprint density at radius 3 is 2.16 bits per heavy atom. The van der Waals surface area contributed by atoms with Gasteiger partial charge in [0.2, 0.25) is 15.9 Å². The molecule has 1 fully saturated rings. The van der Waals surface area contributed by atoms with Gasteiger partial charge in [-0.2, -0.15) is 0 Å². The van der Waals surface area contributed by atoms with Crippen molar-refractivity contribution in [2.75, 3.05) is 31.2 Å². The summed E-state index contributed by atoms with van der Waals surface area (Å²) >= 11 is 0. The Morgan fingerprint density at radius 2 is 1.68 bits per heavy atom. The zero-order chi connectivity index (χ0) is 18.6. The predicted molar refractivity (Wildman–Crippen MR) is 97.0 cm³/mol. The molecular weight excluding hydrogens is 342 g/mol. The van der Waals surface area contributed by atoms with Gasteiger partial charge in [-0.25, -0.2) is 8.42 Å². The molecule has 1 saturated carbocycles. The zero-order valence-electron chi connectivity index (χ0n) is 14.9. The summed E-state index contributed by atoms with van der Waals surface area (Å²) in [5.41, 5.74) is 0.817. The molecule has 1 aromatic carbocycles. The van der Waals surface area contributed by atoms with Gasteiger partial charge in [0.05, 0.1) is 11.9 Å². The lowest BCUT2D eigenvalue weighted by molar-refractivity contribution is -0.120. The first kappa shape index (κ1) is 19.2. The van der Waals surface area contributed by atoms with Crippen LogP contribution in [0.2, 0.25) is 0 Å². The summed E-state index contributed by atoms with van der Waals surface area (Å²) in [6, 6.07) is 6.34. The van der Waals surface area contributed by atoms with Gasteiger partial charge in [-0.1, -0.05) is 12.8 Å². The molecule has 0 saturated heterocycles. The third-order valence-corrected chi connectivity index (χ3v) is 5.36. The largest absolute Gasteiger partial charge is 0.352 e. The van der Waals surface area contributed by atoms with Gasteiger partial charge in [-0.05, 0) is 37.1 Å². The van der Waals surface area contributed by atoms with E-state index in [9.17, 15) is 18.0 Å². The minimum Gasteiger partial charge on any atom is -0.352 e. The van der Waals surface area contributed by atoms with Gasteiger partial charge in [-0.15, -0.1) is 0 Å². The van der Waals surface area contributed by atoms with Gasteiger partial charge < -0.3 is 10.2 Å². The highest BCUT2D eigenvalue weighted by Crippen LogP contribution is 2.20. The monoisotopic (exact) mass is 367 g/mol. The molecule has 0 aromatic heterocycles. The van der Waals surface area contributed by atoms with E-state index in [0.29, 0.717) is 11.3 Å². The van der Waals surface area contributed by atoms with Crippen molar-refractivity contribution in [3.63, 3.8) is 0 Å². The lowest BCUT2D eigenvalue weighted by Gasteiger charge is -2.23. The second kappa shape index (κ2) is 7.86. The quantitative estimate of drug-likeness (QED) is 0.819. The summed E-state index contributed by atoms with van der Waals surface area (Å²) in [4.78, 5) is 25.6. The molecule has 2 amide bonds. The highest BCUT2D eigenvalue weighted by Gasteiger charge is 2.24. The fraction of sp³-hybridized carbons (Fsp3) is 0.529. The Hall–Kier alpha value is -2.09. The van der Waals surface area contributed by atoms with Gasteiger partial charge >= 0.3 is 0 Å². The maximum atomic E-state index is 12.2. The minimum absolute atomic E-state index is 0.133. The normalized spacial score (nSPS) is 15.0. The highest BCUT2D eigenvalue weighted by molar-refractivity contribution is 7.92. The molecule has 0 heterocycles. The fourth-order valence-corrected chi connectivity index (χ4v) is 3.76. The third kappa shape index (κ3) is 5.19.